The van der Waals surface area contributed by atoms with Crippen molar-refractivity contribution in [2.45, 2.75) is 6.10 Å². The van der Waals surface area contributed by atoms with Crippen LogP contribution in [0.5, 0.6) is 11.5 Å². The lowest BCUT2D eigenvalue weighted by Gasteiger charge is -2.25. The van der Waals surface area contributed by atoms with Crippen molar-refractivity contribution in [2.75, 3.05) is 6.61 Å². The maximum Gasteiger partial charge on any atom is 0.282 e. The maximum absolute atomic E-state index is 12.1. The molecule has 22 heavy (non-hydrogen) atoms. The predicted molar refractivity (Wildman–Crippen MR) is 86.0 cm³/mol. The fraction of sp³-hybridized carbons (Fsp3) is 0.133. The van der Waals surface area contributed by atoms with Crippen LogP contribution in [-0.4, -0.2) is 18.6 Å². The van der Waals surface area contributed by atoms with Gasteiger partial charge in [-0.25, -0.2) is 0 Å². The Morgan fingerprint density at radius 3 is 2.73 bits per heavy atom. The third-order valence-electron chi connectivity index (χ3n) is 3.01. The third-order valence-corrected chi connectivity index (χ3v) is 4.30. The summed E-state index contributed by atoms with van der Waals surface area (Å²) in [7, 11) is 0. The number of carbonyl (C=O) groups is 1. The first-order chi connectivity index (χ1) is 10.6. The highest BCUT2D eigenvalue weighted by molar-refractivity contribution is 7.17. The van der Waals surface area contributed by atoms with Crippen LogP contribution in [0, 0.1) is 0 Å². The van der Waals surface area contributed by atoms with Crippen molar-refractivity contribution in [1.29, 1.82) is 0 Å². The molecule has 0 radical (unpaired) electrons. The molecular weight excluding hydrogens is 324 g/mol. The number of ether oxygens (including phenoxy) is 2. The van der Waals surface area contributed by atoms with Crippen LogP contribution in [0.4, 0.5) is 0 Å². The molecule has 0 unspecified atom stereocenters. The van der Waals surface area contributed by atoms with Crippen LogP contribution in [-0.2, 0) is 4.79 Å². The van der Waals surface area contributed by atoms with Crippen molar-refractivity contribution in [3.8, 4) is 11.5 Å². The molecule has 1 aliphatic heterocycles. The minimum atomic E-state index is -0.720. The van der Waals surface area contributed by atoms with Gasteiger partial charge in [0.1, 0.15) is 6.61 Å². The van der Waals surface area contributed by atoms with Crippen LogP contribution in [0.1, 0.15) is 4.88 Å². The Morgan fingerprint density at radius 1 is 1.23 bits per heavy atom. The molecule has 0 saturated carbocycles. The van der Waals surface area contributed by atoms with Gasteiger partial charge in [-0.1, -0.05) is 30.3 Å². The van der Waals surface area contributed by atoms with Gasteiger partial charge in [-0.15, -0.1) is 11.3 Å². The van der Waals surface area contributed by atoms with Gasteiger partial charge in [-0.3, -0.25) is 15.6 Å². The number of hydrogen-bond donors (Lipinski definition) is 2. The molecule has 114 valence electrons. The van der Waals surface area contributed by atoms with Gasteiger partial charge < -0.3 is 9.47 Å². The summed E-state index contributed by atoms with van der Waals surface area (Å²) in [4.78, 5) is 13.0. The van der Waals surface area contributed by atoms with Crippen molar-refractivity contribution in [3.05, 3.63) is 52.2 Å². The van der Waals surface area contributed by atoms with Gasteiger partial charge in [-0.05, 0) is 24.3 Å². The van der Waals surface area contributed by atoms with Gasteiger partial charge in [-0.2, -0.15) is 0 Å². The number of halogens is 1. The number of thiophene rings is 1. The number of hydrogen-bond acceptors (Lipinski definition) is 5. The second kappa shape index (κ2) is 6.29. The largest absolute Gasteiger partial charge is 0.485 e. The van der Waals surface area contributed by atoms with Crippen LogP contribution in [0.15, 0.2) is 43.0 Å². The lowest BCUT2D eigenvalue weighted by atomic mass is 10.2. The Labute approximate surface area is 136 Å². The van der Waals surface area contributed by atoms with Crippen LogP contribution < -0.4 is 20.3 Å². The topological polar surface area (TPSA) is 59.6 Å². The molecule has 5 nitrogen and oxygen atoms in total. The number of amides is 1. The van der Waals surface area contributed by atoms with Crippen LogP contribution in [0.2, 0.25) is 4.34 Å². The monoisotopic (exact) mass is 336 g/mol. The Balaban J connectivity index is 1.56. The van der Waals surface area contributed by atoms with E-state index in [2.05, 4.69) is 17.4 Å². The predicted octanol–water partition coefficient (Wildman–Crippen LogP) is 2.83. The summed E-state index contributed by atoms with van der Waals surface area (Å²) in [6, 6.07) is 10.8. The molecule has 2 heterocycles. The minimum absolute atomic E-state index is 0.155. The quantitative estimate of drug-likeness (QED) is 0.843. The van der Waals surface area contributed by atoms with Gasteiger partial charge in [0.15, 0.2) is 11.5 Å². The Morgan fingerprint density at radius 2 is 2.00 bits per heavy atom. The molecule has 0 saturated heterocycles. The maximum atomic E-state index is 12.1. The molecular formula is C15H13ClN2O3S. The van der Waals surface area contributed by atoms with Gasteiger partial charge >= 0.3 is 0 Å². The molecule has 1 aromatic carbocycles. The number of carbonyl (C=O) groups excluding carboxylic acids is 1. The zero-order valence-corrected chi connectivity index (χ0v) is 13.0. The van der Waals surface area contributed by atoms with E-state index in [1.165, 1.54) is 11.3 Å². The Hall–Kier alpha value is -2.18. The highest BCUT2D eigenvalue weighted by Crippen LogP contribution is 2.30. The fourth-order valence-corrected chi connectivity index (χ4v) is 2.87. The summed E-state index contributed by atoms with van der Waals surface area (Å²) in [5.74, 6) is 0.855. The zero-order chi connectivity index (χ0) is 15.5. The molecule has 0 aliphatic carbocycles. The van der Waals surface area contributed by atoms with Crippen molar-refractivity contribution < 1.29 is 14.3 Å². The fourth-order valence-electron chi connectivity index (χ4n) is 1.90. The number of para-hydroxylation sites is 2. The van der Waals surface area contributed by atoms with E-state index in [9.17, 15) is 4.79 Å². The number of nitrogens with one attached hydrogen (secondary N) is 2. The second-order valence-electron chi connectivity index (χ2n) is 4.56. The van der Waals surface area contributed by atoms with Crippen molar-refractivity contribution >= 4 is 34.5 Å². The van der Waals surface area contributed by atoms with E-state index in [4.69, 9.17) is 21.1 Å². The molecule has 1 atom stereocenters. The number of hydrazine groups is 1. The van der Waals surface area contributed by atoms with Crippen LogP contribution >= 0.6 is 22.9 Å². The molecule has 1 aromatic heterocycles. The molecule has 1 amide bonds. The molecule has 2 aromatic rings. The molecule has 7 heteroatoms. The van der Waals surface area contributed by atoms with E-state index >= 15 is 0 Å². The molecule has 2 N–H and O–H groups in total. The van der Waals surface area contributed by atoms with Gasteiger partial charge in [0.2, 0.25) is 6.10 Å². The summed E-state index contributed by atoms with van der Waals surface area (Å²) < 4.78 is 11.8. The summed E-state index contributed by atoms with van der Waals surface area (Å²) in [6.45, 7) is 4.00. The average molecular weight is 337 g/mol. The summed E-state index contributed by atoms with van der Waals surface area (Å²) in [6.07, 6.45) is -0.720. The Bertz CT molecular complexity index is 716. The highest BCUT2D eigenvalue weighted by atomic mass is 35.5. The number of fused-ring (bicyclic) bond motifs is 1. The number of benzene rings is 1. The molecule has 1 aliphatic rings. The smallest absolute Gasteiger partial charge is 0.282 e. The second-order valence-corrected chi connectivity index (χ2v) is 6.28. The lowest BCUT2D eigenvalue weighted by molar-refractivity contribution is -0.131. The standard InChI is InChI=1S/C15H13ClN2O3S/c1-9(13-6-7-14(16)22-13)17-18-15(19)12-8-20-10-4-2-3-5-11(10)21-12/h2-7,12,17H,1,8H2,(H,18,19)/t12-/m1/s1. The highest BCUT2D eigenvalue weighted by Gasteiger charge is 2.27. The average Bonchev–Trinajstić information content (AvgIpc) is 2.98. The normalized spacial score (nSPS) is 16.0. The first-order valence-corrected chi connectivity index (χ1v) is 7.72. The molecule has 0 spiro atoms. The van der Waals surface area contributed by atoms with Crippen molar-refractivity contribution in [2.24, 2.45) is 0 Å². The number of rotatable bonds is 4. The summed E-state index contributed by atoms with van der Waals surface area (Å²) in [5, 5.41) is 0. The van der Waals surface area contributed by atoms with Gasteiger partial charge in [0, 0.05) is 0 Å². The lowest BCUT2D eigenvalue weighted by Crippen LogP contribution is -2.48. The van der Waals surface area contributed by atoms with Gasteiger partial charge in [0.25, 0.3) is 5.91 Å². The SMILES string of the molecule is C=C(NNC(=O)[C@H]1COc2ccccc2O1)c1ccc(Cl)s1. The molecule has 3 rings (SSSR count). The van der Waals surface area contributed by atoms with E-state index < -0.39 is 6.10 Å². The molecule has 0 fully saturated rings. The van der Waals surface area contributed by atoms with E-state index in [0.29, 0.717) is 21.5 Å². The van der Waals surface area contributed by atoms with Crippen LogP contribution in [0.3, 0.4) is 0 Å². The Kier molecular flexibility index (Phi) is 4.22. The van der Waals surface area contributed by atoms with Crippen molar-refractivity contribution in [3.63, 3.8) is 0 Å². The molecule has 0 bridgehead atoms. The van der Waals surface area contributed by atoms with Crippen molar-refractivity contribution in [1.82, 2.24) is 10.9 Å². The first-order valence-electron chi connectivity index (χ1n) is 6.52. The first kappa shape index (κ1) is 14.7. The minimum Gasteiger partial charge on any atom is -0.485 e. The third kappa shape index (κ3) is 3.18. The van der Waals surface area contributed by atoms with E-state index in [-0.39, 0.29) is 12.5 Å². The summed E-state index contributed by atoms with van der Waals surface area (Å²) >= 11 is 7.23. The summed E-state index contributed by atoms with van der Waals surface area (Å²) in [5.41, 5.74) is 5.87. The van der Waals surface area contributed by atoms with Crippen LogP contribution in [0.25, 0.3) is 5.70 Å². The van der Waals surface area contributed by atoms with E-state index in [0.717, 1.165) is 4.88 Å². The van der Waals surface area contributed by atoms with E-state index in [1.807, 2.05) is 18.2 Å². The zero-order valence-electron chi connectivity index (χ0n) is 11.5. The van der Waals surface area contributed by atoms with E-state index in [1.54, 1.807) is 18.2 Å². The van der Waals surface area contributed by atoms with Gasteiger partial charge in [0.05, 0.1) is 14.9 Å².